The molecule has 0 bridgehead atoms. The Kier molecular flexibility index (Phi) is 9.60. The Morgan fingerprint density at radius 1 is 0.667 bits per heavy atom. The molecule has 6 nitrogen and oxygen atoms in total. The zero-order chi connectivity index (χ0) is 32.6. The Labute approximate surface area is 272 Å². The van der Waals surface area contributed by atoms with Crippen LogP contribution < -0.4 is 24.8 Å². The van der Waals surface area contributed by atoms with Gasteiger partial charge in [-0.2, -0.15) is 0 Å². The van der Waals surface area contributed by atoms with Gasteiger partial charge in [0.1, 0.15) is 40.8 Å². The van der Waals surface area contributed by atoms with Crippen molar-refractivity contribution in [3.05, 3.63) is 54.3 Å². The van der Waals surface area contributed by atoms with Gasteiger partial charge in [0.2, 0.25) is 0 Å². The van der Waals surface area contributed by atoms with Crippen molar-refractivity contribution in [1.82, 2.24) is 10.6 Å². The van der Waals surface area contributed by atoms with Crippen molar-refractivity contribution < 1.29 is 18.6 Å². The number of ether oxygens (including phenoxy) is 3. The lowest BCUT2D eigenvalue weighted by Crippen LogP contribution is -2.53. The largest absolute Gasteiger partial charge is 0.493 e. The van der Waals surface area contributed by atoms with E-state index >= 15 is 0 Å². The maximum absolute atomic E-state index is 6.44. The molecule has 2 aromatic carbocycles. The molecule has 248 valence electrons. The predicted octanol–water partition coefficient (Wildman–Crippen LogP) is 9.19. The molecule has 0 saturated heterocycles. The van der Waals surface area contributed by atoms with E-state index in [0.29, 0.717) is 18.7 Å². The van der Waals surface area contributed by atoms with Crippen molar-refractivity contribution in [2.24, 2.45) is 5.41 Å². The van der Waals surface area contributed by atoms with E-state index in [2.05, 4.69) is 104 Å². The molecule has 0 amide bonds. The summed E-state index contributed by atoms with van der Waals surface area (Å²) in [5.41, 5.74) is 1.07. The highest BCUT2D eigenvalue weighted by Crippen LogP contribution is 2.38. The van der Waals surface area contributed by atoms with Gasteiger partial charge in [0.05, 0.1) is 6.61 Å². The molecule has 1 heterocycles. The van der Waals surface area contributed by atoms with E-state index < -0.39 is 0 Å². The second-order valence-corrected chi connectivity index (χ2v) is 17.2. The van der Waals surface area contributed by atoms with Gasteiger partial charge in [-0.3, -0.25) is 0 Å². The second kappa shape index (κ2) is 12.8. The fourth-order valence-corrected chi connectivity index (χ4v) is 6.35. The normalized spacial score (nSPS) is 22.5. The Morgan fingerprint density at radius 3 is 1.80 bits per heavy atom. The third kappa shape index (κ3) is 9.65. The highest BCUT2D eigenvalue weighted by atomic mass is 16.5. The fraction of sp³-hybridized carbons (Fsp3) is 0.641. The van der Waals surface area contributed by atoms with E-state index in [0.717, 1.165) is 72.5 Å². The summed E-state index contributed by atoms with van der Waals surface area (Å²) in [6.07, 6.45) is 6.70. The second-order valence-electron chi connectivity index (χ2n) is 17.2. The van der Waals surface area contributed by atoms with Crippen LogP contribution in [0, 0.1) is 5.41 Å². The molecule has 2 N–H and O–H groups in total. The van der Waals surface area contributed by atoms with Crippen LogP contribution in [-0.4, -0.2) is 42.0 Å². The zero-order valence-electron chi connectivity index (χ0n) is 29.5. The molecule has 5 rings (SSSR count). The van der Waals surface area contributed by atoms with Crippen LogP contribution in [0.4, 0.5) is 0 Å². The summed E-state index contributed by atoms with van der Waals surface area (Å²) in [5, 5.41) is 8.45. The van der Waals surface area contributed by atoms with Crippen LogP contribution in [0.5, 0.6) is 17.2 Å². The number of hydrogen-bond donors (Lipinski definition) is 2. The van der Waals surface area contributed by atoms with E-state index in [4.69, 9.17) is 18.6 Å². The third-order valence-electron chi connectivity index (χ3n) is 9.09. The summed E-state index contributed by atoms with van der Waals surface area (Å²) in [6, 6.07) is 17.6. The Bertz CT molecular complexity index is 1410. The highest BCUT2D eigenvalue weighted by molar-refractivity contribution is 5.79. The lowest BCUT2D eigenvalue weighted by Gasteiger charge is -2.40. The molecule has 2 aliphatic carbocycles. The molecule has 1 aromatic heterocycles. The van der Waals surface area contributed by atoms with Crippen molar-refractivity contribution in [3.8, 4) is 17.2 Å². The van der Waals surface area contributed by atoms with Crippen LogP contribution >= 0.6 is 0 Å². The van der Waals surface area contributed by atoms with E-state index in [1.807, 2.05) is 24.3 Å². The van der Waals surface area contributed by atoms with Crippen molar-refractivity contribution in [2.45, 2.75) is 149 Å². The Hall–Kier alpha value is -2.70. The van der Waals surface area contributed by atoms with Gasteiger partial charge in [-0.25, -0.2) is 0 Å². The fourth-order valence-electron chi connectivity index (χ4n) is 6.35. The highest BCUT2D eigenvalue weighted by Gasteiger charge is 2.35. The van der Waals surface area contributed by atoms with Gasteiger partial charge < -0.3 is 29.3 Å². The van der Waals surface area contributed by atoms with Gasteiger partial charge >= 0.3 is 0 Å². The molecule has 0 unspecified atom stereocenters. The van der Waals surface area contributed by atoms with Crippen LogP contribution in [0.15, 0.2) is 52.9 Å². The molecule has 45 heavy (non-hydrogen) atoms. The molecule has 2 aliphatic rings. The maximum atomic E-state index is 6.44. The maximum Gasteiger partial charge on any atom is 0.137 e. The lowest BCUT2D eigenvalue weighted by molar-refractivity contribution is 0.0727. The molecule has 0 spiro atoms. The van der Waals surface area contributed by atoms with Crippen molar-refractivity contribution in [2.75, 3.05) is 6.61 Å². The molecule has 2 saturated carbocycles. The number of rotatable bonds is 13. The number of furan rings is 1. The molecular weight excluding hydrogens is 560 g/mol. The topological polar surface area (TPSA) is 64.9 Å². The van der Waals surface area contributed by atoms with E-state index in [9.17, 15) is 0 Å². The molecule has 0 aliphatic heterocycles. The van der Waals surface area contributed by atoms with E-state index in [-0.39, 0.29) is 34.1 Å². The van der Waals surface area contributed by atoms with Gasteiger partial charge in [-0.05, 0) is 116 Å². The summed E-state index contributed by atoms with van der Waals surface area (Å²) < 4.78 is 25.3. The van der Waals surface area contributed by atoms with Gasteiger partial charge in [-0.1, -0.05) is 33.8 Å². The molecule has 0 radical (unpaired) electrons. The number of benzene rings is 2. The first-order chi connectivity index (χ1) is 20.9. The minimum atomic E-state index is -0.104. The molecule has 2 fully saturated rings. The van der Waals surface area contributed by atoms with Gasteiger partial charge in [0, 0.05) is 46.1 Å². The molecule has 0 atom stereocenters. The van der Waals surface area contributed by atoms with Gasteiger partial charge in [0.15, 0.2) is 0 Å². The summed E-state index contributed by atoms with van der Waals surface area (Å²) in [5.74, 6) is 3.66. The van der Waals surface area contributed by atoms with Crippen LogP contribution in [0.25, 0.3) is 11.0 Å². The lowest BCUT2D eigenvalue weighted by atomic mass is 9.78. The number of hydrogen-bond acceptors (Lipinski definition) is 6. The zero-order valence-corrected chi connectivity index (χ0v) is 29.5. The third-order valence-corrected chi connectivity index (χ3v) is 9.09. The van der Waals surface area contributed by atoms with Gasteiger partial charge in [0.25, 0.3) is 0 Å². The summed E-state index contributed by atoms with van der Waals surface area (Å²) in [4.78, 5) is 0. The van der Waals surface area contributed by atoms with E-state index in [1.54, 1.807) is 0 Å². The first kappa shape index (κ1) is 33.7. The monoisotopic (exact) mass is 618 g/mol. The molecule has 6 heteroatoms. The minimum absolute atomic E-state index is 0.00343. The number of fused-ring (bicyclic) bond motifs is 1. The summed E-state index contributed by atoms with van der Waals surface area (Å²) in [7, 11) is 0. The average molecular weight is 619 g/mol. The van der Waals surface area contributed by atoms with Crippen LogP contribution in [-0.2, 0) is 5.41 Å². The predicted molar refractivity (Wildman–Crippen MR) is 185 cm³/mol. The summed E-state index contributed by atoms with van der Waals surface area (Å²) in [6.45, 7) is 23.0. The van der Waals surface area contributed by atoms with Crippen LogP contribution in [0.3, 0.4) is 0 Å². The SMILES string of the molecule is CC(C)(CCC(C)(C)c1cc2ccc(O[C@H]3C[C@H](NC(C)(C)C)C3)cc2o1)COc1cccc(O[C@H]2C[C@@H](NC(C)(C)C)C2)c1. The van der Waals surface area contributed by atoms with Crippen LogP contribution in [0.1, 0.15) is 114 Å². The molecular formula is C39H58N2O4. The quantitative estimate of drug-likeness (QED) is 0.199. The Balaban J connectivity index is 1.09. The summed E-state index contributed by atoms with van der Waals surface area (Å²) >= 11 is 0. The van der Waals surface area contributed by atoms with Crippen molar-refractivity contribution in [1.29, 1.82) is 0 Å². The smallest absolute Gasteiger partial charge is 0.137 e. The average Bonchev–Trinajstić information content (AvgIpc) is 3.32. The first-order valence-electron chi connectivity index (χ1n) is 17.1. The van der Waals surface area contributed by atoms with E-state index in [1.165, 1.54) is 0 Å². The Morgan fingerprint density at radius 2 is 1.22 bits per heavy atom. The first-order valence-corrected chi connectivity index (χ1v) is 17.1. The number of nitrogens with one attached hydrogen (secondary N) is 2. The minimum Gasteiger partial charge on any atom is -0.493 e. The molecule has 3 aromatic rings. The van der Waals surface area contributed by atoms with Crippen molar-refractivity contribution in [3.63, 3.8) is 0 Å². The standard InChI is InChI=1S/C39H58N2O4/c1-36(2,3)40-27-19-32(20-27)43-30-13-11-12-29(23-30)42-25-38(7,8)16-17-39(9,10)35-18-26-14-15-31(24-34(26)45-35)44-33-21-28(22-33)41-37(4,5)6/h11-15,18,23-24,27-28,32-33,40-41H,16-17,19-22,25H2,1-10H3/t27-,28-,32+,33-. The van der Waals surface area contributed by atoms with Crippen molar-refractivity contribution >= 4 is 11.0 Å². The van der Waals surface area contributed by atoms with Gasteiger partial charge in [-0.15, -0.1) is 0 Å². The van der Waals surface area contributed by atoms with Crippen LogP contribution in [0.2, 0.25) is 0 Å².